The maximum atomic E-state index is 11.4. The molecule has 0 atom stereocenters. The number of carbonyl (C=O) groups excluding carboxylic acids is 1. The minimum Gasteiger partial charge on any atom is -0.493 e. The Balaban J connectivity index is 2.36. The van der Waals surface area contributed by atoms with Gasteiger partial charge in [0.2, 0.25) is 0 Å². The van der Waals surface area contributed by atoms with Crippen LogP contribution in [0.3, 0.4) is 0 Å². The Kier molecular flexibility index (Phi) is 7.48. The van der Waals surface area contributed by atoms with Crippen LogP contribution < -0.4 is 9.47 Å². The van der Waals surface area contributed by atoms with E-state index in [0.717, 1.165) is 12.2 Å². The maximum absolute atomic E-state index is 11.4. The second kappa shape index (κ2) is 9.18. The van der Waals surface area contributed by atoms with Crippen LogP contribution in [-0.4, -0.2) is 12.6 Å². The van der Waals surface area contributed by atoms with Gasteiger partial charge in [-0.3, -0.25) is 0 Å². The summed E-state index contributed by atoms with van der Waals surface area (Å²) < 4.78 is 10.8. The lowest BCUT2D eigenvalue weighted by molar-refractivity contribution is -0.130. The van der Waals surface area contributed by atoms with Crippen LogP contribution >= 0.6 is 0 Å². The van der Waals surface area contributed by atoms with Crippen LogP contribution in [0.4, 0.5) is 0 Å². The summed E-state index contributed by atoms with van der Waals surface area (Å²) in [6.07, 6.45) is 6.04. The first-order valence-corrected chi connectivity index (χ1v) is 7.24. The Morgan fingerprint density at radius 2 is 1.85 bits per heavy atom. The minimum absolute atomic E-state index is 0.382. The van der Waals surface area contributed by atoms with Crippen LogP contribution in [-0.2, 0) is 4.79 Å². The van der Waals surface area contributed by atoms with Gasteiger partial charge >= 0.3 is 5.97 Å². The molecule has 110 valence electrons. The van der Waals surface area contributed by atoms with Gasteiger partial charge in [0.05, 0.1) is 6.61 Å². The summed E-state index contributed by atoms with van der Waals surface area (Å²) in [7, 11) is 0. The first kappa shape index (κ1) is 16.3. The predicted molar refractivity (Wildman–Crippen MR) is 81.1 cm³/mol. The summed E-state index contributed by atoms with van der Waals surface area (Å²) in [5.74, 6) is 0.802. The second-order valence-corrected chi connectivity index (χ2v) is 4.91. The van der Waals surface area contributed by atoms with E-state index in [-0.39, 0.29) is 0 Å². The number of carbonyl (C=O) groups is 1. The van der Waals surface area contributed by atoms with Gasteiger partial charge in [-0.2, -0.15) is 0 Å². The van der Waals surface area contributed by atoms with E-state index in [1.807, 2.05) is 12.1 Å². The fraction of sp³-hybridized carbons (Fsp3) is 0.471. The number of rotatable bonds is 9. The van der Waals surface area contributed by atoms with Crippen molar-refractivity contribution in [2.75, 3.05) is 6.61 Å². The number of hydrogen-bond donors (Lipinski definition) is 0. The molecule has 0 fully saturated rings. The Bertz CT molecular complexity index is 438. The van der Waals surface area contributed by atoms with Gasteiger partial charge < -0.3 is 9.47 Å². The quantitative estimate of drug-likeness (QED) is 0.288. The Morgan fingerprint density at radius 3 is 2.55 bits per heavy atom. The van der Waals surface area contributed by atoms with Crippen molar-refractivity contribution in [2.45, 2.75) is 46.0 Å². The van der Waals surface area contributed by atoms with Gasteiger partial charge in [0.25, 0.3) is 0 Å². The van der Waals surface area contributed by atoms with Crippen molar-refractivity contribution in [2.24, 2.45) is 0 Å². The molecule has 0 radical (unpaired) electrons. The maximum Gasteiger partial charge on any atom is 0.338 e. The van der Waals surface area contributed by atoms with Crippen molar-refractivity contribution in [1.29, 1.82) is 0 Å². The number of ether oxygens (including phenoxy) is 2. The van der Waals surface area contributed by atoms with E-state index >= 15 is 0 Å². The van der Waals surface area contributed by atoms with Crippen LogP contribution in [0.1, 0.15) is 46.0 Å². The zero-order valence-electron chi connectivity index (χ0n) is 12.5. The molecule has 0 aliphatic rings. The smallest absolute Gasteiger partial charge is 0.338 e. The van der Waals surface area contributed by atoms with Gasteiger partial charge in [0.1, 0.15) is 11.5 Å². The highest BCUT2D eigenvalue weighted by Gasteiger charge is 2.06. The molecule has 0 saturated carbocycles. The number of benzene rings is 1. The van der Waals surface area contributed by atoms with Gasteiger partial charge in [-0.15, -0.1) is 0 Å². The van der Waals surface area contributed by atoms with Gasteiger partial charge in [0, 0.05) is 11.6 Å². The summed E-state index contributed by atoms with van der Waals surface area (Å²) >= 11 is 0. The molecular weight excluding hydrogens is 252 g/mol. The molecule has 0 aliphatic heterocycles. The molecule has 0 heterocycles. The predicted octanol–water partition coefficient (Wildman–Crippen LogP) is 4.52. The van der Waals surface area contributed by atoms with E-state index < -0.39 is 5.97 Å². The van der Waals surface area contributed by atoms with Crippen molar-refractivity contribution in [3.8, 4) is 11.5 Å². The molecule has 0 aliphatic carbocycles. The molecule has 1 aromatic carbocycles. The summed E-state index contributed by atoms with van der Waals surface area (Å²) in [5, 5.41) is 0. The SMILES string of the molecule is C=C(C)C(=O)Oc1cccc(OCCCCCCC)c1. The first-order chi connectivity index (χ1) is 9.63. The largest absolute Gasteiger partial charge is 0.493 e. The average Bonchev–Trinajstić information content (AvgIpc) is 2.43. The van der Waals surface area contributed by atoms with Crippen LogP contribution in [0.15, 0.2) is 36.4 Å². The summed E-state index contributed by atoms with van der Waals surface area (Å²) in [6.45, 7) is 8.08. The molecule has 3 heteroatoms. The number of hydrogen-bond acceptors (Lipinski definition) is 3. The molecule has 0 spiro atoms. The number of esters is 1. The normalized spacial score (nSPS) is 10.1. The lowest BCUT2D eigenvalue weighted by atomic mass is 10.2. The molecule has 1 rings (SSSR count). The van der Waals surface area contributed by atoms with E-state index in [2.05, 4.69) is 13.5 Å². The summed E-state index contributed by atoms with van der Waals surface area (Å²) in [6, 6.07) is 7.14. The van der Waals surface area contributed by atoms with Crippen LogP contribution in [0.2, 0.25) is 0 Å². The van der Waals surface area contributed by atoms with Gasteiger partial charge in [-0.05, 0) is 25.5 Å². The lowest BCUT2D eigenvalue weighted by Gasteiger charge is -2.08. The third kappa shape index (κ3) is 6.41. The number of unbranched alkanes of at least 4 members (excludes halogenated alkanes) is 4. The molecular formula is C17H24O3. The molecule has 0 bridgehead atoms. The first-order valence-electron chi connectivity index (χ1n) is 7.24. The molecule has 0 N–H and O–H groups in total. The fourth-order valence-corrected chi connectivity index (χ4v) is 1.72. The van der Waals surface area contributed by atoms with Gasteiger partial charge in [-0.25, -0.2) is 4.79 Å². The third-order valence-corrected chi connectivity index (χ3v) is 2.88. The molecule has 0 saturated heterocycles. The monoisotopic (exact) mass is 276 g/mol. The van der Waals surface area contributed by atoms with Crippen molar-refractivity contribution < 1.29 is 14.3 Å². The zero-order chi connectivity index (χ0) is 14.8. The molecule has 1 aromatic rings. The van der Waals surface area contributed by atoms with Gasteiger partial charge in [-0.1, -0.05) is 45.3 Å². The van der Waals surface area contributed by atoms with Crippen LogP contribution in [0.5, 0.6) is 11.5 Å². The van der Waals surface area contributed by atoms with E-state index in [1.54, 1.807) is 19.1 Å². The van der Waals surface area contributed by atoms with E-state index in [9.17, 15) is 4.79 Å². The zero-order valence-corrected chi connectivity index (χ0v) is 12.5. The van der Waals surface area contributed by atoms with Crippen molar-refractivity contribution in [3.63, 3.8) is 0 Å². The van der Waals surface area contributed by atoms with Gasteiger partial charge in [0.15, 0.2) is 0 Å². The highest BCUT2D eigenvalue weighted by Crippen LogP contribution is 2.20. The average molecular weight is 276 g/mol. The van der Waals surface area contributed by atoms with E-state index in [4.69, 9.17) is 9.47 Å². The Labute approximate surface area is 121 Å². The van der Waals surface area contributed by atoms with Crippen molar-refractivity contribution >= 4 is 5.97 Å². The Hall–Kier alpha value is -1.77. The van der Waals surface area contributed by atoms with Crippen molar-refractivity contribution in [3.05, 3.63) is 36.4 Å². The van der Waals surface area contributed by atoms with E-state index in [1.165, 1.54) is 25.7 Å². The van der Waals surface area contributed by atoms with E-state index in [0.29, 0.717) is 17.9 Å². The highest BCUT2D eigenvalue weighted by atomic mass is 16.5. The minimum atomic E-state index is -0.415. The highest BCUT2D eigenvalue weighted by molar-refractivity contribution is 5.88. The standard InChI is InChI=1S/C17H24O3/c1-4-5-6-7-8-12-19-15-10-9-11-16(13-15)20-17(18)14(2)3/h9-11,13H,2,4-8,12H2,1,3H3. The third-order valence-electron chi connectivity index (χ3n) is 2.88. The van der Waals surface area contributed by atoms with Crippen LogP contribution in [0.25, 0.3) is 0 Å². The van der Waals surface area contributed by atoms with Crippen molar-refractivity contribution in [1.82, 2.24) is 0 Å². The summed E-state index contributed by atoms with van der Waals surface area (Å²) in [5.41, 5.74) is 0.382. The molecule has 0 unspecified atom stereocenters. The molecule has 0 amide bonds. The molecule has 3 nitrogen and oxygen atoms in total. The lowest BCUT2D eigenvalue weighted by Crippen LogP contribution is -2.08. The topological polar surface area (TPSA) is 35.5 Å². The summed E-state index contributed by atoms with van der Waals surface area (Å²) in [4.78, 5) is 11.4. The molecule has 20 heavy (non-hydrogen) atoms. The fourth-order valence-electron chi connectivity index (χ4n) is 1.72. The second-order valence-electron chi connectivity index (χ2n) is 4.91. The van der Waals surface area contributed by atoms with Crippen LogP contribution in [0, 0.1) is 0 Å². The molecule has 0 aromatic heterocycles. The Morgan fingerprint density at radius 1 is 1.15 bits per heavy atom.